The van der Waals surface area contributed by atoms with Gasteiger partial charge in [-0.2, -0.15) is 0 Å². The van der Waals surface area contributed by atoms with Gasteiger partial charge in [0.25, 0.3) is 0 Å². The van der Waals surface area contributed by atoms with Gasteiger partial charge in [-0.25, -0.2) is 8.78 Å². The Labute approximate surface area is 134 Å². The molecule has 0 spiro atoms. The van der Waals surface area contributed by atoms with Gasteiger partial charge in [-0.05, 0) is 43.9 Å². The number of carbonyl (C=O) groups is 1. The Hall–Kier alpha value is -1.14. The van der Waals surface area contributed by atoms with E-state index in [0.717, 1.165) is 51.3 Å². The summed E-state index contributed by atoms with van der Waals surface area (Å²) in [5.74, 6) is -0.921. The van der Waals surface area contributed by atoms with Crippen molar-refractivity contribution in [1.29, 1.82) is 0 Å². The Morgan fingerprint density at radius 1 is 1.32 bits per heavy atom. The van der Waals surface area contributed by atoms with Gasteiger partial charge >= 0.3 is 0 Å². The number of hydrogen-bond donors (Lipinski definition) is 0. The highest BCUT2D eigenvalue weighted by atomic mass is 32.2. The van der Waals surface area contributed by atoms with E-state index in [4.69, 9.17) is 4.74 Å². The Bertz CT molecular complexity index is 505. The van der Waals surface area contributed by atoms with Gasteiger partial charge in [0, 0.05) is 31.2 Å². The first-order valence-electron chi connectivity index (χ1n) is 7.53. The molecule has 2 rings (SSSR count). The number of nitrogens with zero attached hydrogens (tertiary/aromatic N) is 1. The number of ether oxygens (including phenoxy) is 1. The monoisotopic (exact) mass is 329 g/mol. The molecule has 0 aromatic heterocycles. The number of rotatable bonds is 6. The highest BCUT2D eigenvalue weighted by Crippen LogP contribution is 2.23. The number of carbonyl (C=O) groups excluding carboxylic acids is 1. The van der Waals surface area contributed by atoms with E-state index in [0.29, 0.717) is 10.8 Å². The fourth-order valence-electron chi connectivity index (χ4n) is 2.44. The number of piperidine rings is 1. The molecule has 1 amide bonds. The first-order valence-corrected chi connectivity index (χ1v) is 8.52. The van der Waals surface area contributed by atoms with E-state index >= 15 is 0 Å². The van der Waals surface area contributed by atoms with Crippen LogP contribution in [0.1, 0.15) is 19.8 Å². The van der Waals surface area contributed by atoms with Crippen LogP contribution in [0.15, 0.2) is 23.1 Å². The molecule has 1 aromatic carbocycles. The summed E-state index contributed by atoms with van der Waals surface area (Å²) in [7, 11) is 0. The minimum atomic E-state index is -0.880. The summed E-state index contributed by atoms with van der Waals surface area (Å²) >= 11 is 1.24. The van der Waals surface area contributed by atoms with Crippen LogP contribution in [0.5, 0.6) is 0 Å². The maximum absolute atomic E-state index is 13.1. The van der Waals surface area contributed by atoms with E-state index in [1.807, 2.05) is 11.8 Å². The Morgan fingerprint density at radius 2 is 2.05 bits per heavy atom. The molecule has 0 saturated carbocycles. The first kappa shape index (κ1) is 17.2. The molecule has 0 atom stereocenters. The second kappa shape index (κ2) is 8.48. The lowest BCUT2D eigenvalue weighted by atomic mass is 9.98. The summed E-state index contributed by atoms with van der Waals surface area (Å²) in [5, 5.41) is 0. The summed E-state index contributed by atoms with van der Waals surface area (Å²) in [6, 6.07) is 3.70. The van der Waals surface area contributed by atoms with E-state index in [-0.39, 0.29) is 11.7 Å². The quantitative estimate of drug-likeness (QED) is 0.750. The van der Waals surface area contributed by atoms with Gasteiger partial charge in [0.05, 0.1) is 5.75 Å². The van der Waals surface area contributed by atoms with Crippen molar-refractivity contribution in [2.75, 3.05) is 32.1 Å². The number of amides is 1. The maximum Gasteiger partial charge on any atom is 0.232 e. The normalized spacial score (nSPS) is 16.0. The zero-order chi connectivity index (χ0) is 15.9. The van der Waals surface area contributed by atoms with Gasteiger partial charge in [-0.1, -0.05) is 0 Å². The highest BCUT2D eigenvalue weighted by Gasteiger charge is 2.22. The fraction of sp³-hybridized carbons (Fsp3) is 0.562. The summed E-state index contributed by atoms with van der Waals surface area (Å²) in [6.07, 6.45) is 1.92. The molecule has 0 unspecified atom stereocenters. The lowest BCUT2D eigenvalue weighted by molar-refractivity contribution is -0.130. The largest absolute Gasteiger partial charge is 0.381 e. The summed E-state index contributed by atoms with van der Waals surface area (Å²) in [4.78, 5) is 14.6. The lowest BCUT2D eigenvalue weighted by Crippen LogP contribution is -2.40. The SMILES string of the molecule is CCOCC1CCN(C(=O)CSc2ccc(F)c(F)c2)CC1. The molecule has 0 N–H and O–H groups in total. The smallest absolute Gasteiger partial charge is 0.232 e. The summed E-state index contributed by atoms with van der Waals surface area (Å²) < 4.78 is 31.4. The molecule has 122 valence electrons. The average molecular weight is 329 g/mol. The van der Waals surface area contributed by atoms with Crippen LogP contribution in [-0.4, -0.2) is 42.9 Å². The summed E-state index contributed by atoms with van der Waals surface area (Å²) in [6.45, 7) is 4.96. The van der Waals surface area contributed by atoms with Crippen LogP contribution in [0.2, 0.25) is 0 Å². The first-order chi connectivity index (χ1) is 10.6. The number of halogens is 2. The Balaban J connectivity index is 1.75. The number of hydrogen-bond acceptors (Lipinski definition) is 3. The minimum Gasteiger partial charge on any atom is -0.381 e. The van der Waals surface area contributed by atoms with E-state index in [1.54, 1.807) is 0 Å². The average Bonchev–Trinajstić information content (AvgIpc) is 2.54. The van der Waals surface area contributed by atoms with Crippen LogP contribution in [0, 0.1) is 17.6 Å². The van der Waals surface area contributed by atoms with Gasteiger partial charge < -0.3 is 9.64 Å². The molecular formula is C16H21F2NO2S. The van der Waals surface area contributed by atoms with E-state index in [9.17, 15) is 13.6 Å². The molecule has 1 heterocycles. The zero-order valence-electron chi connectivity index (χ0n) is 12.7. The van der Waals surface area contributed by atoms with Crippen LogP contribution in [0.4, 0.5) is 8.78 Å². The second-order valence-corrected chi connectivity index (χ2v) is 6.40. The van der Waals surface area contributed by atoms with Crippen molar-refractivity contribution in [2.45, 2.75) is 24.7 Å². The van der Waals surface area contributed by atoms with E-state index in [2.05, 4.69) is 0 Å². The highest BCUT2D eigenvalue weighted by molar-refractivity contribution is 8.00. The van der Waals surface area contributed by atoms with Crippen LogP contribution in [0.25, 0.3) is 0 Å². The molecule has 22 heavy (non-hydrogen) atoms. The van der Waals surface area contributed by atoms with Crippen molar-refractivity contribution in [3.8, 4) is 0 Å². The predicted octanol–water partition coefficient (Wildman–Crippen LogP) is 3.33. The fourth-order valence-corrected chi connectivity index (χ4v) is 3.26. The number of thioether (sulfide) groups is 1. The molecule has 1 aliphatic heterocycles. The molecule has 1 aromatic rings. The molecule has 3 nitrogen and oxygen atoms in total. The van der Waals surface area contributed by atoms with E-state index < -0.39 is 11.6 Å². The lowest BCUT2D eigenvalue weighted by Gasteiger charge is -2.31. The number of benzene rings is 1. The second-order valence-electron chi connectivity index (χ2n) is 5.35. The van der Waals surface area contributed by atoms with Gasteiger partial charge in [0.1, 0.15) is 0 Å². The molecule has 0 aliphatic carbocycles. The van der Waals surface area contributed by atoms with Crippen molar-refractivity contribution in [1.82, 2.24) is 4.90 Å². The third kappa shape index (κ3) is 4.95. The third-order valence-corrected chi connectivity index (χ3v) is 4.76. The van der Waals surface area contributed by atoms with Gasteiger partial charge in [-0.15, -0.1) is 11.8 Å². The zero-order valence-corrected chi connectivity index (χ0v) is 13.5. The van der Waals surface area contributed by atoms with Crippen molar-refractivity contribution in [2.24, 2.45) is 5.92 Å². The molecule has 6 heteroatoms. The van der Waals surface area contributed by atoms with Crippen LogP contribution >= 0.6 is 11.8 Å². The van der Waals surface area contributed by atoms with Crippen molar-refractivity contribution >= 4 is 17.7 Å². The van der Waals surface area contributed by atoms with Gasteiger partial charge in [0.15, 0.2) is 11.6 Å². The molecule has 1 fully saturated rings. The molecule has 1 saturated heterocycles. The van der Waals surface area contributed by atoms with E-state index in [1.165, 1.54) is 17.8 Å². The third-order valence-electron chi connectivity index (χ3n) is 3.78. The standard InChI is InChI=1S/C16H21F2NO2S/c1-2-21-10-12-5-7-19(8-6-12)16(20)11-22-13-3-4-14(17)15(18)9-13/h3-4,9,12H,2,5-8,10-11H2,1H3. The van der Waals surface area contributed by atoms with Crippen LogP contribution < -0.4 is 0 Å². The van der Waals surface area contributed by atoms with Crippen molar-refractivity contribution in [3.05, 3.63) is 29.8 Å². The van der Waals surface area contributed by atoms with Gasteiger partial charge in [0.2, 0.25) is 5.91 Å². The van der Waals surface area contributed by atoms with Crippen LogP contribution in [0.3, 0.4) is 0 Å². The molecule has 0 radical (unpaired) electrons. The van der Waals surface area contributed by atoms with Crippen LogP contribution in [-0.2, 0) is 9.53 Å². The number of likely N-dealkylation sites (tertiary alicyclic amines) is 1. The molecular weight excluding hydrogens is 308 g/mol. The Morgan fingerprint density at radius 3 is 2.68 bits per heavy atom. The Kier molecular flexibility index (Phi) is 6.64. The van der Waals surface area contributed by atoms with Crippen molar-refractivity contribution in [3.63, 3.8) is 0 Å². The van der Waals surface area contributed by atoms with Crippen molar-refractivity contribution < 1.29 is 18.3 Å². The topological polar surface area (TPSA) is 29.5 Å². The molecule has 1 aliphatic rings. The minimum absolute atomic E-state index is 0.0459. The van der Waals surface area contributed by atoms with Gasteiger partial charge in [-0.3, -0.25) is 4.79 Å². The summed E-state index contributed by atoms with van der Waals surface area (Å²) in [5.41, 5.74) is 0. The maximum atomic E-state index is 13.1. The predicted molar refractivity (Wildman–Crippen MR) is 82.9 cm³/mol. The molecule has 0 bridgehead atoms.